The van der Waals surface area contributed by atoms with E-state index in [0.717, 1.165) is 12.8 Å². The van der Waals surface area contributed by atoms with Crippen molar-refractivity contribution >= 4 is 5.97 Å². The summed E-state index contributed by atoms with van der Waals surface area (Å²) in [6, 6.07) is 0.128. The Hall–Kier alpha value is -0.820. The molecule has 1 aliphatic carbocycles. The second-order valence-corrected chi connectivity index (χ2v) is 5.33. The zero-order valence-corrected chi connectivity index (χ0v) is 10.9. The molecule has 2 rings (SSSR count). The van der Waals surface area contributed by atoms with Crippen molar-refractivity contribution in [2.24, 2.45) is 5.92 Å². The average molecular weight is 280 g/mol. The van der Waals surface area contributed by atoms with Crippen molar-refractivity contribution in [2.45, 2.75) is 37.5 Å². The number of esters is 1. The second kappa shape index (κ2) is 5.66. The van der Waals surface area contributed by atoms with Crippen LogP contribution in [0.25, 0.3) is 0 Å². The van der Waals surface area contributed by atoms with Crippen molar-refractivity contribution in [3.63, 3.8) is 0 Å². The molecule has 0 bridgehead atoms. The molecule has 110 valence electrons. The normalized spacial score (nSPS) is 29.3. The van der Waals surface area contributed by atoms with E-state index < -0.39 is 12.7 Å². The van der Waals surface area contributed by atoms with E-state index in [1.165, 1.54) is 7.11 Å². The zero-order valence-electron chi connectivity index (χ0n) is 10.9. The zero-order chi connectivity index (χ0) is 14.0. The fourth-order valence-corrected chi connectivity index (χ4v) is 2.62. The van der Waals surface area contributed by atoms with Gasteiger partial charge >= 0.3 is 12.1 Å². The number of carbonyl (C=O) groups excluding carboxylic acids is 1. The highest BCUT2D eigenvalue weighted by Gasteiger charge is 2.39. The first-order valence-electron chi connectivity index (χ1n) is 6.51. The van der Waals surface area contributed by atoms with Crippen LogP contribution in [0.15, 0.2) is 0 Å². The minimum absolute atomic E-state index is 0.305. The van der Waals surface area contributed by atoms with Crippen LogP contribution in [0, 0.1) is 5.92 Å². The van der Waals surface area contributed by atoms with Crippen LogP contribution in [0.5, 0.6) is 0 Å². The second-order valence-electron chi connectivity index (χ2n) is 5.33. The van der Waals surface area contributed by atoms with Gasteiger partial charge in [-0.3, -0.25) is 9.69 Å². The summed E-state index contributed by atoms with van der Waals surface area (Å²) in [6.07, 6.45) is -1.67. The van der Waals surface area contributed by atoms with Crippen molar-refractivity contribution in [3.05, 3.63) is 0 Å². The standard InChI is InChI=1S/C12H19F3N2O2/c1-19-11(18)8-4-9(16-7-12(13,14)15)6-17(5-8)10-2-3-10/h8-10,16H,2-7H2,1H3. The first-order valence-corrected chi connectivity index (χ1v) is 6.51. The van der Waals surface area contributed by atoms with Crippen LogP contribution in [-0.4, -0.2) is 55.9 Å². The van der Waals surface area contributed by atoms with Crippen molar-refractivity contribution < 1.29 is 22.7 Å². The van der Waals surface area contributed by atoms with Gasteiger partial charge in [-0.25, -0.2) is 0 Å². The van der Waals surface area contributed by atoms with Crippen molar-refractivity contribution in [1.29, 1.82) is 0 Å². The summed E-state index contributed by atoms with van der Waals surface area (Å²) in [4.78, 5) is 13.7. The lowest BCUT2D eigenvalue weighted by Crippen LogP contribution is -2.53. The number of carbonyl (C=O) groups is 1. The third-order valence-corrected chi connectivity index (χ3v) is 3.67. The quantitative estimate of drug-likeness (QED) is 0.785. The molecule has 1 saturated carbocycles. The molecule has 1 saturated heterocycles. The van der Waals surface area contributed by atoms with Gasteiger partial charge < -0.3 is 10.1 Å². The molecule has 2 unspecified atom stereocenters. The number of nitrogens with one attached hydrogen (secondary N) is 1. The molecule has 2 fully saturated rings. The number of methoxy groups -OCH3 is 1. The molecule has 2 aliphatic rings. The fourth-order valence-electron chi connectivity index (χ4n) is 2.62. The summed E-state index contributed by atoms with van der Waals surface area (Å²) in [6.45, 7) is 0.167. The number of rotatable bonds is 4. The molecule has 1 heterocycles. The summed E-state index contributed by atoms with van der Waals surface area (Å²) in [5, 5.41) is 2.51. The smallest absolute Gasteiger partial charge is 0.401 e. The summed E-state index contributed by atoms with van der Waals surface area (Å²) in [5.41, 5.74) is 0. The third-order valence-electron chi connectivity index (χ3n) is 3.67. The van der Waals surface area contributed by atoms with Crippen LogP contribution in [0.3, 0.4) is 0 Å². The summed E-state index contributed by atoms with van der Waals surface area (Å²) < 4.78 is 41.4. The molecule has 1 aliphatic heterocycles. The maximum atomic E-state index is 12.2. The van der Waals surface area contributed by atoms with Gasteiger partial charge in [0.15, 0.2) is 0 Å². The molecule has 2 atom stereocenters. The molecule has 4 nitrogen and oxygen atoms in total. The van der Waals surface area contributed by atoms with Crippen LogP contribution in [0.2, 0.25) is 0 Å². The van der Waals surface area contributed by atoms with Crippen LogP contribution < -0.4 is 5.32 Å². The lowest BCUT2D eigenvalue weighted by Gasteiger charge is -2.37. The van der Waals surface area contributed by atoms with Crippen molar-refractivity contribution in [3.8, 4) is 0 Å². The Morgan fingerprint density at radius 1 is 1.37 bits per heavy atom. The highest BCUT2D eigenvalue weighted by Crippen LogP contribution is 2.31. The molecule has 0 aromatic carbocycles. The van der Waals surface area contributed by atoms with E-state index in [1.807, 2.05) is 0 Å². The predicted molar refractivity (Wildman–Crippen MR) is 62.6 cm³/mol. The Kier molecular flexibility index (Phi) is 4.35. The van der Waals surface area contributed by atoms with Crippen molar-refractivity contribution in [1.82, 2.24) is 10.2 Å². The monoisotopic (exact) mass is 280 g/mol. The number of hydrogen-bond donors (Lipinski definition) is 1. The van der Waals surface area contributed by atoms with Gasteiger partial charge in [-0.1, -0.05) is 0 Å². The van der Waals surface area contributed by atoms with Gasteiger partial charge in [0, 0.05) is 25.2 Å². The highest BCUT2D eigenvalue weighted by molar-refractivity contribution is 5.72. The Balaban J connectivity index is 1.92. The largest absolute Gasteiger partial charge is 0.469 e. The molecule has 0 spiro atoms. The van der Waals surface area contributed by atoms with E-state index in [9.17, 15) is 18.0 Å². The van der Waals surface area contributed by atoms with Gasteiger partial charge in [-0.2, -0.15) is 13.2 Å². The number of nitrogens with zero attached hydrogens (tertiary/aromatic N) is 1. The molecule has 7 heteroatoms. The number of halogens is 3. The van der Waals surface area contributed by atoms with Gasteiger partial charge in [-0.05, 0) is 19.3 Å². The Morgan fingerprint density at radius 2 is 2.05 bits per heavy atom. The number of ether oxygens (including phenoxy) is 1. The maximum absolute atomic E-state index is 12.2. The predicted octanol–water partition coefficient (Wildman–Crippen LogP) is 1.16. The fraction of sp³-hybridized carbons (Fsp3) is 0.917. The van der Waals surface area contributed by atoms with E-state index in [2.05, 4.69) is 10.2 Å². The molecule has 0 aromatic heterocycles. The molecule has 0 aromatic rings. The lowest BCUT2D eigenvalue weighted by molar-refractivity contribution is -0.148. The van der Waals surface area contributed by atoms with Crippen LogP contribution >= 0.6 is 0 Å². The SMILES string of the molecule is COC(=O)C1CC(NCC(F)(F)F)CN(C2CC2)C1. The topological polar surface area (TPSA) is 41.6 Å². The van der Waals surface area contributed by atoms with E-state index in [4.69, 9.17) is 4.74 Å². The summed E-state index contributed by atoms with van der Waals surface area (Å²) in [7, 11) is 1.32. The molecule has 0 radical (unpaired) electrons. The van der Waals surface area contributed by atoms with Crippen LogP contribution in [-0.2, 0) is 9.53 Å². The van der Waals surface area contributed by atoms with Gasteiger partial charge in [-0.15, -0.1) is 0 Å². The number of alkyl halides is 3. The number of piperidine rings is 1. The first-order chi connectivity index (χ1) is 8.89. The minimum Gasteiger partial charge on any atom is -0.469 e. The lowest BCUT2D eigenvalue weighted by atomic mass is 9.94. The Morgan fingerprint density at radius 3 is 2.58 bits per heavy atom. The van der Waals surface area contributed by atoms with Gasteiger partial charge in [0.25, 0.3) is 0 Å². The van der Waals surface area contributed by atoms with Crippen molar-refractivity contribution in [2.75, 3.05) is 26.7 Å². The van der Waals surface area contributed by atoms with Gasteiger partial charge in [0.2, 0.25) is 0 Å². The number of hydrogen-bond acceptors (Lipinski definition) is 4. The molecular formula is C12H19F3N2O2. The Bertz CT molecular complexity index is 331. The van der Waals surface area contributed by atoms with Gasteiger partial charge in [0.05, 0.1) is 19.6 Å². The van der Waals surface area contributed by atoms with E-state index in [-0.39, 0.29) is 17.9 Å². The molecule has 0 amide bonds. The van der Waals surface area contributed by atoms with E-state index in [1.54, 1.807) is 0 Å². The average Bonchev–Trinajstić information content (AvgIpc) is 3.18. The summed E-state index contributed by atoms with van der Waals surface area (Å²) in [5.74, 6) is -0.658. The van der Waals surface area contributed by atoms with E-state index >= 15 is 0 Å². The van der Waals surface area contributed by atoms with Gasteiger partial charge in [0.1, 0.15) is 0 Å². The van der Waals surface area contributed by atoms with Crippen LogP contribution in [0.1, 0.15) is 19.3 Å². The maximum Gasteiger partial charge on any atom is 0.401 e. The molecule has 1 N–H and O–H groups in total. The minimum atomic E-state index is -4.22. The molecule has 19 heavy (non-hydrogen) atoms. The van der Waals surface area contributed by atoms with E-state index in [0.29, 0.717) is 25.6 Å². The van der Waals surface area contributed by atoms with Crippen LogP contribution in [0.4, 0.5) is 13.2 Å². The third kappa shape index (κ3) is 4.35. The summed E-state index contributed by atoms with van der Waals surface area (Å²) >= 11 is 0. The first kappa shape index (κ1) is 14.6. The Labute approximate surface area is 110 Å². The highest BCUT2D eigenvalue weighted by atomic mass is 19.4. The molecular weight excluding hydrogens is 261 g/mol. The number of likely N-dealkylation sites (tertiary alicyclic amines) is 1.